The Kier molecular flexibility index (Phi) is 5.14. The lowest BCUT2D eigenvalue weighted by atomic mass is 9.84. The number of nitrogens with zero attached hydrogens (tertiary/aromatic N) is 2. The van der Waals surface area contributed by atoms with Crippen LogP contribution in [0.15, 0.2) is 70.8 Å². The zero-order valence-corrected chi connectivity index (χ0v) is 16.9. The standard InChI is InChI=1S/C24H21N3O4/c1-14-11-20-22(24(30)27(14)10-9-15-5-3-2-4-6-15)21(17(13-25)23(26)31-20)16-7-8-18(28)19(29)12-16/h2-8,11-12,21,28-29H,9-10,26H2,1H3. The van der Waals surface area contributed by atoms with Crippen molar-refractivity contribution in [1.82, 2.24) is 4.57 Å². The van der Waals surface area contributed by atoms with Gasteiger partial charge in [0.15, 0.2) is 11.5 Å². The van der Waals surface area contributed by atoms with Gasteiger partial charge in [-0.05, 0) is 36.6 Å². The molecule has 0 bridgehead atoms. The number of aryl methyl sites for hydroxylation is 2. The minimum atomic E-state index is -0.823. The summed E-state index contributed by atoms with van der Waals surface area (Å²) in [4.78, 5) is 13.6. The van der Waals surface area contributed by atoms with Gasteiger partial charge in [0.2, 0.25) is 5.88 Å². The minimum absolute atomic E-state index is 0.0770. The van der Waals surface area contributed by atoms with Crippen LogP contribution < -0.4 is 16.0 Å². The number of aromatic nitrogens is 1. The van der Waals surface area contributed by atoms with Crippen LogP contribution in [0, 0.1) is 18.3 Å². The van der Waals surface area contributed by atoms with E-state index in [9.17, 15) is 20.3 Å². The number of rotatable bonds is 4. The van der Waals surface area contributed by atoms with Gasteiger partial charge in [-0.25, -0.2) is 0 Å². The Morgan fingerprint density at radius 1 is 1.13 bits per heavy atom. The molecule has 4 N–H and O–H groups in total. The quantitative estimate of drug-likeness (QED) is 0.563. The summed E-state index contributed by atoms with van der Waals surface area (Å²) in [5.74, 6) is -1.27. The lowest BCUT2D eigenvalue weighted by Gasteiger charge is -2.27. The maximum Gasteiger partial charge on any atom is 0.258 e. The Bertz CT molecular complexity index is 1290. The molecule has 0 aliphatic carbocycles. The van der Waals surface area contributed by atoms with E-state index < -0.39 is 5.92 Å². The van der Waals surface area contributed by atoms with Crippen molar-refractivity contribution in [1.29, 1.82) is 5.26 Å². The van der Waals surface area contributed by atoms with E-state index in [-0.39, 0.29) is 39.8 Å². The van der Waals surface area contributed by atoms with Crippen molar-refractivity contribution < 1.29 is 14.9 Å². The van der Waals surface area contributed by atoms with E-state index in [4.69, 9.17) is 10.5 Å². The van der Waals surface area contributed by atoms with Crippen LogP contribution in [0.4, 0.5) is 0 Å². The van der Waals surface area contributed by atoms with Crippen molar-refractivity contribution in [2.75, 3.05) is 0 Å². The second-order valence-electron chi connectivity index (χ2n) is 7.43. The van der Waals surface area contributed by atoms with Gasteiger partial charge in [0, 0.05) is 18.3 Å². The zero-order valence-electron chi connectivity index (χ0n) is 16.9. The van der Waals surface area contributed by atoms with Crippen molar-refractivity contribution >= 4 is 0 Å². The highest BCUT2D eigenvalue weighted by Crippen LogP contribution is 2.42. The van der Waals surface area contributed by atoms with Gasteiger partial charge in [0.1, 0.15) is 17.4 Å². The fraction of sp³-hybridized carbons (Fsp3) is 0.167. The lowest BCUT2D eigenvalue weighted by Crippen LogP contribution is -2.33. The summed E-state index contributed by atoms with van der Waals surface area (Å²) >= 11 is 0. The van der Waals surface area contributed by atoms with Crippen LogP contribution in [0.1, 0.15) is 28.3 Å². The summed E-state index contributed by atoms with van der Waals surface area (Å²) in [7, 11) is 0. The molecular formula is C24H21N3O4. The van der Waals surface area contributed by atoms with Crippen LogP contribution in [-0.2, 0) is 13.0 Å². The molecule has 0 saturated heterocycles. The highest BCUT2D eigenvalue weighted by Gasteiger charge is 2.34. The van der Waals surface area contributed by atoms with Crippen LogP contribution in [0.2, 0.25) is 0 Å². The number of nitriles is 1. The summed E-state index contributed by atoms with van der Waals surface area (Å²) in [5, 5.41) is 29.4. The molecule has 2 heterocycles. The third-order valence-corrected chi connectivity index (χ3v) is 5.49. The van der Waals surface area contributed by atoms with Gasteiger partial charge < -0.3 is 25.3 Å². The molecule has 2 aromatic carbocycles. The molecule has 1 aliphatic heterocycles. The van der Waals surface area contributed by atoms with Crippen LogP contribution >= 0.6 is 0 Å². The van der Waals surface area contributed by atoms with Crippen molar-refractivity contribution in [3.8, 4) is 23.3 Å². The maximum atomic E-state index is 13.6. The molecule has 0 spiro atoms. The van der Waals surface area contributed by atoms with E-state index in [1.807, 2.05) is 43.3 Å². The Hall–Kier alpha value is -4.18. The molecule has 1 atom stereocenters. The number of ether oxygens (including phenoxy) is 1. The van der Waals surface area contributed by atoms with Crippen LogP contribution in [0.25, 0.3) is 0 Å². The number of nitrogens with two attached hydrogens (primary N) is 1. The first kappa shape index (κ1) is 20.1. The van der Waals surface area contributed by atoms with Crippen LogP contribution in [0.3, 0.4) is 0 Å². The predicted molar refractivity (Wildman–Crippen MR) is 115 cm³/mol. The lowest BCUT2D eigenvalue weighted by molar-refractivity contribution is 0.387. The number of pyridine rings is 1. The summed E-state index contributed by atoms with van der Waals surface area (Å²) in [6.45, 7) is 2.27. The van der Waals surface area contributed by atoms with E-state index in [1.165, 1.54) is 12.1 Å². The van der Waals surface area contributed by atoms with Gasteiger partial charge in [0.05, 0.1) is 11.5 Å². The number of fused-ring (bicyclic) bond motifs is 1. The van der Waals surface area contributed by atoms with E-state index in [0.29, 0.717) is 24.2 Å². The molecule has 1 unspecified atom stereocenters. The molecule has 4 rings (SSSR count). The normalized spacial score (nSPS) is 15.2. The van der Waals surface area contributed by atoms with Crippen molar-refractivity contribution in [3.05, 3.63) is 98.8 Å². The largest absolute Gasteiger partial charge is 0.504 e. The predicted octanol–water partition coefficient (Wildman–Crippen LogP) is 3.03. The first-order valence-corrected chi connectivity index (χ1v) is 9.78. The molecule has 0 amide bonds. The summed E-state index contributed by atoms with van der Waals surface area (Å²) in [5.41, 5.74) is 8.31. The average Bonchev–Trinajstić information content (AvgIpc) is 2.75. The molecule has 7 nitrogen and oxygen atoms in total. The summed E-state index contributed by atoms with van der Waals surface area (Å²) in [6, 6.07) is 17.8. The smallest absolute Gasteiger partial charge is 0.258 e. The van der Waals surface area contributed by atoms with Crippen molar-refractivity contribution in [2.24, 2.45) is 5.73 Å². The average molecular weight is 415 g/mol. The molecule has 1 aliphatic rings. The Labute approximate surface area is 178 Å². The maximum absolute atomic E-state index is 13.6. The second kappa shape index (κ2) is 7.92. The highest BCUT2D eigenvalue weighted by atomic mass is 16.5. The molecule has 156 valence electrons. The van der Waals surface area contributed by atoms with Crippen molar-refractivity contribution in [2.45, 2.75) is 25.8 Å². The topological polar surface area (TPSA) is 122 Å². The minimum Gasteiger partial charge on any atom is -0.504 e. The molecule has 1 aromatic heterocycles. The number of phenolic OH excluding ortho intramolecular Hbond substituents is 2. The van der Waals surface area contributed by atoms with Gasteiger partial charge in [-0.3, -0.25) is 4.79 Å². The fourth-order valence-corrected chi connectivity index (χ4v) is 3.90. The molecule has 31 heavy (non-hydrogen) atoms. The van der Waals surface area contributed by atoms with Crippen LogP contribution in [-0.4, -0.2) is 14.8 Å². The van der Waals surface area contributed by atoms with E-state index >= 15 is 0 Å². The first-order chi connectivity index (χ1) is 14.9. The first-order valence-electron chi connectivity index (χ1n) is 9.78. The van der Waals surface area contributed by atoms with Gasteiger partial charge in [-0.15, -0.1) is 0 Å². The van der Waals surface area contributed by atoms with Gasteiger partial charge in [-0.2, -0.15) is 5.26 Å². The second-order valence-corrected chi connectivity index (χ2v) is 7.43. The number of hydrogen-bond acceptors (Lipinski definition) is 6. The Balaban J connectivity index is 1.85. The Morgan fingerprint density at radius 2 is 1.87 bits per heavy atom. The third kappa shape index (κ3) is 3.60. The third-order valence-electron chi connectivity index (χ3n) is 5.49. The Morgan fingerprint density at radius 3 is 2.55 bits per heavy atom. The number of aromatic hydroxyl groups is 2. The van der Waals surface area contributed by atoms with Crippen molar-refractivity contribution in [3.63, 3.8) is 0 Å². The van der Waals surface area contributed by atoms with E-state index in [2.05, 4.69) is 0 Å². The summed E-state index contributed by atoms with van der Waals surface area (Å²) < 4.78 is 7.28. The van der Waals surface area contributed by atoms with E-state index in [0.717, 1.165) is 5.56 Å². The molecule has 7 heteroatoms. The number of allylic oxidation sites excluding steroid dienone is 1. The molecule has 3 aromatic rings. The molecule has 0 radical (unpaired) electrons. The van der Waals surface area contributed by atoms with Gasteiger partial charge >= 0.3 is 0 Å². The molecular weight excluding hydrogens is 394 g/mol. The van der Waals surface area contributed by atoms with E-state index in [1.54, 1.807) is 16.7 Å². The fourth-order valence-electron chi connectivity index (χ4n) is 3.90. The van der Waals surface area contributed by atoms with Gasteiger partial charge in [-0.1, -0.05) is 36.4 Å². The number of phenols is 2. The number of benzene rings is 2. The number of hydrogen-bond donors (Lipinski definition) is 3. The SMILES string of the molecule is Cc1cc2c(c(=O)n1CCc1ccccc1)C(c1ccc(O)c(O)c1)C(C#N)=C(N)O2. The summed E-state index contributed by atoms with van der Waals surface area (Å²) in [6.07, 6.45) is 0.662. The molecule has 0 saturated carbocycles. The van der Waals surface area contributed by atoms with Gasteiger partial charge in [0.25, 0.3) is 5.56 Å². The molecule has 0 fully saturated rings. The monoisotopic (exact) mass is 415 g/mol. The van der Waals surface area contributed by atoms with Crippen LogP contribution in [0.5, 0.6) is 17.2 Å². The highest BCUT2D eigenvalue weighted by molar-refractivity contribution is 5.57. The zero-order chi connectivity index (χ0) is 22.1.